The van der Waals surface area contributed by atoms with E-state index < -0.39 is 0 Å². The molecule has 0 unspecified atom stereocenters. The molecule has 1 aromatic carbocycles. The van der Waals surface area contributed by atoms with Crippen molar-refractivity contribution in [1.29, 1.82) is 0 Å². The number of aromatic amines is 1. The SMILES string of the molecule is Cc1ccc(C(=O)Nc2ncc[nH]2)c(C#CCO)c1. The summed E-state index contributed by atoms with van der Waals surface area (Å²) < 4.78 is 0. The number of aromatic nitrogens is 2. The molecule has 0 radical (unpaired) electrons. The first-order chi connectivity index (χ1) is 9.20. The van der Waals surface area contributed by atoms with Gasteiger partial charge in [-0.15, -0.1) is 0 Å². The van der Waals surface area contributed by atoms with Crippen LogP contribution in [-0.4, -0.2) is 27.6 Å². The smallest absolute Gasteiger partial charge is 0.259 e. The van der Waals surface area contributed by atoms with Crippen LogP contribution in [0.4, 0.5) is 5.95 Å². The van der Waals surface area contributed by atoms with Gasteiger partial charge >= 0.3 is 0 Å². The number of carbonyl (C=O) groups excluding carboxylic acids is 1. The summed E-state index contributed by atoms with van der Waals surface area (Å²) in [7, 11) is 0. The van der Waals surface area contributed by atoms with Gasteiger partial charge in [-0.05, 0) is 24.6 Å². The van der Waals surface area contributed by atoms with Crippen molar-refractivity contribution >= 4 is 11.9 Å². The Morgan fingerprint density at radius 1 is 1.53 bits per heavy atom. The number of aryl methyl sites for hydroxylation is 1. The van der Waals surface area contributed by atoms with Gasteiger partial charge in [0.25, 0.3) is 5.91 Å². The Morgan fingerprint density at radius 3 is 3.05 bits per heavy atom. The zero-order chi connectivity index (χ0) is 13.7. The molecule has 1 heterocycles. The van der Waals surface area contributed by atoms with Crippen LogP contribution >= 0.6 is 0 Å². The third-order valence-electron chi connectivity index (χ3n) is 2.45. The first kappa shape index (κ1) is 12.9. The molecule has 0 saturated heterocycles. The zero-order valence-electron chi connectivity index (χ0n) is 10.4. The van der Waals surface area contributed by atoms with Gasteiger partial charge in [-0.1, -0.05) is 17.9 Å². The average Bonchev–Trinajstić information content (AvgIpc) is 2.89. The molecule has 0 spiro atoms. The third kappa shape index (κ3) is 3.21. The Bertz CT molecular complexity index is 636. The summed E-state index contributed by atoms with van der Waals surface area (Å²) in [6.07, 6.45) is 3.18. The number of nitrogens with one attached hydrogen (secondary N) is 2. The van der Waals surface area contributed by atoms with E-state index in [1.807, 2.05) is 13.0 Å². The lowest BCUT2D eigenvalue weighted by Crippen LogP contribution is -2.14. The van der Waals surface area contributed by atoms with Crippen LogP contribution in [0.2, 0.25) is 0 Å². The van der Waals surface area contributed by atoms with Gasteiger partial charge in [0.05, 0.1) is 5.56 Å². The second kappa shape index (κ2) is 5.85. The van der Waals surface area contributed by atoms with Crippen LogP contribution in [0.5, 0.6) is 0 Å². The van der Waals surface area contributed by atoms with Gasteiger partial charge in [0.1, 0.15) is 6.61 Å². The molecule has 0 aliphatic rings. The lowest BCUT2D eigenvalue weighted by atomic mass is 10.0. The van der Waals surface area contributed by atoms with E-state index in [2.05, 4.69) is 27.1 Å². The number of hydrogen-bond donors (Lipinski definition) is 3. The van der Waals surface area contributed by atoms with Gasteiger partial charge < -0.3 is 10.1 Å². The maximum absolute atomic E-state index is 12.1. The van der Waals surface area contributed by atoms with Crippen LogP contribution in [0.25, 0.3) is 0 Å². The summed E-state index contributed by atoms with van der Waals surface area (Å²) in [4.78, 5) is 18.8. The van der Waals surface area contributed by atoms with Crippen molar-refractivity contribution in [2.24, 2.45) is 0 Å². The summed E-state index contributed by atoms with van der Waals surface area (Å²) in [6, 6.07) is 5.34. The molecule has 0 atom stereocenters. The van der Waals surface area contributed by atoms with Gasteiger partial charge in [-0.2, -0.15) is 0 Å². The molecule has 5 heteroatoms. The molecule has 1 aromatic heterocycles. The van der Waals surface area contributed by atoms with Crippen LogP contribution in [0, 0.1) is 18.8 Å². The Kier molecular flexibility index (Phi) is 3.96. The van der Waals surface area contributed by atoms with E-state index >= 15 is 0 Å². The van der Waals surface area contributed by atoms with Crippen molar-refractivity contribution in [2.45, 2.75) is 6.92 Å². The van der Waals surface area contributed by atoms with E-state index in [4.69, 9.17) is 5.11 Å². The molecule has 0 aliphatic heterocycles. The first-order valence-electron chi connectivity index (χ1n) is 5.72. The molecule has 0 bridgehead atoms. The molecule has 2 rings (SSSR count). The van der Waals surface area contributed by atoms with Crippen LogP contribution < -0.4 is 5.32 Å². The summed E-state index contributed by atoms with van der Waals surface area (Å²) in [5, 5.41) is 11.4. The molecule has 2 aromatic rings. The Balaban J connectivity index is 2.30. The maximum Gasteiger partial charge on any atom is 0.259 e. The van der Waals surface area contributed by atoms with Crippen LogP contribution in [0.1, 0.15) is 21.5 Å². The number of rotatable bonds is 2. The predicted octanol–water partition coefficient (Wildman–Crippen LogP) is 1.31. The van der Waals surface area contributed by atoms with Crippen LogP contribution in [0.15, 0.2) is 30.6 Å². The molecule has 96 valence electrons. The minimum atomic E-state index is -0.294. The second-order valence-electron chi connectivity index (χ2n) is 3.90. The van der Waals surface area contributed by atoms with Crippen molar-refractivity contribution < 1.29 is 9.90 Å². The number of aliphatic hydroxyl groups excluding tert-OH is 1. The van der Waals surface area contributed by atoms with Gasteiger partial charge in [0.2, 0.25) is 5.95 Å². The standard InChI is InChI=1S/C14H13N3O2/c1-10-4-5-12(11(9-10)3-2-8-18)13(19)17-14-15-6-7-16-14/h4-7,9,18H,8H2,1H3,(H2,15,16,17,19). The maximum atomic E-state index is 12.1. The highest BCUT2D eigenvalue weighted by atomic mass is 16.2. The quantitative estimate of drug-likeness (QED) is 0.708. The van der Waals surface area contributed by atoms with Gasteiger partial charge in [0, 0.05) is 18.0 Å². The number of carbonyl (C=O) groups is 1. The Hall–Kier alpha value is -2.58. The number of imidazole rings is 1. The topological polar surface area (TPSA) is 78.0 Å². The first-order valence-corrected chi connectivity index (χ1v) is 5.72. The molecule has 0 fully saturated rings. The molecule has 0 aliphatic carbocycles. The van der Waals surface area contributed by atoms with Crippen molar-refractivity contribution in [3.05, 3.63) is 47.3 Å². The van der Waals surface area contributed by atoms with E-state index in [-0.39, 0.29) is 12.5 Å². The highest BCUT2D eigenvalue weighted by Crippen LogP contribution is 2.12. The predicted molar refractivity (Wildman–Crippen MR) is 71.7 cm³/mol. The number of anilines is 1. The van der Waals surface area contributed by atoms with Crippen molar-refractivity contribution in [1.82, 2.24) is 9.97 Å². The van der Waals surface area contributed by atoms with E-state index in [0.29, 0.717) is 17.1 Å². The highest BCUT2D eigenvalue weighted by Gasteiger charge is 2.11. The minimum absolute atomic E-state index is 0.243. The number of benzene rings is 1. The van der Waals surface area contributed by atoms with Crippen molar-refractivity contribution in [3.63, 3.8) is 0 Å². The lowest BCUT2D eigenvalue weighted by Gasteiger charge is -2.05. The van der Waals surface area contributed by atoms with Crippen LogP contribution in [0.3, 0.4) is 0 Å². The third-order valence-corrected chi connectivity index (χ3v) is 2.45. The second-order valence-corrected chi connectivity index (χ2v) is 3.90. The fourth-order valence-corrected chi connectivity index (χ4v) is 1.60. The summed E-state index contributed by atoms with van der Waals surface area (Å²) in [5.41, 5.74) is 2.03. The summed E-state index contributed by atoms with van der Waals surface area (Å²) in [6.45, 7) is 1.67. The normalized spacial score (nSPS) is 9.58. The number of nitrogens with zero attached hydrogens (tertiary/aromatic N) is 1. The molecule has 3 N–H and O–H groups in total. The molecular formula is C14H13N3O2. The van der Waals surface area contributed by atoms with Gasteiger partial charge in [-0.3, -0.25) is 10.1 Å². The van der Waals surface area contributed by atoms with E-state index in [1.54, 1.807) is 24.5 Å². The Labute approximate surface area is 110 Å². The average molecular weight is 255 g/mol. The molecular weight excluding hydrogens is 242 g/mol. The number of aliphatic hydroxyl groups is 1. The number of hydrogen-bond acceptors (Lipinski definition) is 3. The fraction of sp³-hybridized carbons (Fsp3) is 0.143. The molecule has 0 saturated carbocycles. The lowest BCUT2D eigenvalue weighted by molar-refractivity contribution is 0.102. The number of H-pyrrole nitrogens is 1. The van der Waals surface area contributed by atoms with E-state index in [9.17, 15) is 4.79 Å². The van der Waals surface area contributed by atoms with E-state index in [0.717, 1.165) is 5.56 Å². The fourth-order valence-electron chi connectivity index (χ4n) is 1.60. The number of amides is 1. The van der Waals surface area contributed by atoms with Gasteiger partial charge in [-0.25, -0.2) is 4.98 Å². The summed E-state index contributed by atoms with van der Waals surface area (Å²) in [5.74, 6) is 5.41. The molecule has 1 amide bonds. The Morgan fingerprint density at radius 2 is 2.37 bits per heavy atom. The molecule has 5 nitrogen and oxygen atoms in total. The highest BCUT2D eigenvalue weighted by molar-refractivity contribution is 6.05. The summed E-state index contributed by atoms with van der Waals surface area (Å²) >= 11 is 0. The largest absolute Gasteiger partial charge is 0.384 e. The molecule has 19 heavy (non-hydrogen) atoms. The van der Waals surface area contributed by atoms with Gasteiger partial charge in [0.15, 0.2) is 0 Å². The van der Waals surface area contributed by atoms with E-state index in [1.165, 1.54) is 0 Å². The van der Waals surface area contributed by atoms with Crippen molar-refractivity contribution in [2.75, 3.05) is 11.9 Å². The zero-order valence-corrected chi connectivity index (χ0v) is 10.4. The van der Waals surface area contributed by atoms with Crippen LogP contribution in [-0.2, 0) is 0 Å². The van der Waals surface area contributed by atoms with Crippen molar-refractivity contribution in [3.8, 4) is 11.8 Å². The monoisotopic (exact) mass is 255 g/mol. The minimum Gasteiger partial charge on any atom is -0.384 e.